The average molecular weight is 292 g/mol. The van der Waals surface area contributed by atoms with E-state index in [0.717, 1.165) is 0 Å². The number of carbonyl (C=O) groups is 1. The highest BCUT2D eigenvalue weighted by atomic mass is 16.5. The SMILES string of the molecule is COCCN(CCC#N)C(=O)c1c(OC)cccc1OC. The van der Waals surface area contributed by atoms with Crippen LogP contribution >= 0.6 is 0 Å². The Morgan fingerprint density at radius 3 is 2.29 bits per heavy atom. The normalized spacial score (nSPS) is 9.81. The van der Waals surface area contributed by atoms with E-state index in [4.69, 9.17) is 19.5 Å². The summed E-state index contributed by atoms with van der Waals surface area (Å²) in [4.78, 5) is 14.3. The zero-order chi connectivity index (χ0) is 15.7. The van der Waals surface area contributed by atoms with Crippen LogP contribution in [-0.2, 0) is 4.74 Å². The molecule has 0 spiro atoms. The number of hydrogen-bond acceptors (Lipinski definition) is 5. The Hall–Kier alpha value is -2.26. The summed E-state index contributed by atoms with van der Waals surface area (Å²) in [7, 11) is 4.57. The highest BCUT2D eigenvalue weighted by molar-refractivity contribution is 5.99. The molecular formula is C15H20N2O4. The summed E-state index contributed by atoms with van der Waals surface area (Å²) < 4.78 is 15.5. The molecule has 0 radical (unpaired) electrons. The lowest BCUT2D eigenvalue weighted by Gasteiger charge is -2.23. The molecule has 0 fully saturated rings. The number of hydrogen-bond donors (Lipinski definition) is 0. The molecule has 6 heteroatoms. The summed E-state index contributed by atoms with van der Waals surface area (Å²) in [5, 5.41) is 8.73. The van der Waals surface area contributed by atoms with E-state index in [1.807, 2.05) is 6.07 Å². The Balaban J connectivity index is 3.09. The Morgan fingerprint density at radius 1 is 1.19 bits per heavy atom. The number of benzene rings is 1. The van der Waals surface area contributed by atoms with Crippen LogP contribution in [0.1, 0.15) is 16.8 Å². The van der Waals surface area contributed by atoms with Crippen LogP contribution in [-0.4, -0.2) is 51.8 Å². The Kier molecular flexibility index (Phi) is 7.05. The lowest BCUT2D eigenvalue weighted by Crippen LogP contribution is -2.35. The lowest BCUT2D eigenvalue weighted by molar-refractivity contribution is 0.0693. The van der Waals surface area contributed by atoms with Gasteiger partial charge in [-0.3, -0.25) is 4.79 Å². The van der Waals surface area contributed by atoms with Crippen molar-refractivity contribution in [3.8, 4) is 17.6 Å². The molecule has 114 valence electrons. The minimum absolute atomic E-state index is 0.239. The second-order valence-corrected chi connectivity index (χ2v) is 4.23. The highest BCUT2D eigenvalue weighted by Crippen LogP contribution is 2.29. The Morgan fingerprint density at radius 2 is 1.81 bits per heavy atom. The van der Waals surface area contributed by atoms with E-state index < -0.39 is 0 Å². The molecule has 6 nitrogen and oxygen atoms in total. The molecule has 0 heterocycles. The average Bonchev–Trinajstić information content (AvgIpc) is 2.53. The van der Waals surface area contributed by atoms with Gasteiger partial charge in [0.2, 0.25) is 0 Å². The molecule has 0 aliphatic carbocycles. The molecule has 0 saturated carbocycles. The predicted molar refractivity (Wildman–Crippen MR) is 77.6 cm³/mol. The summed E-state index contributed by atoms with van der Waals surface area (Å²) in [5.74, 6) is 0.647. The third kappa shape index (κ3) is 4.36. The summed E-state index contributed by atoms with van der Waals surface area (Å²) >= 11 is 0. The molecule has 0 aromatic heterocycles. The first-order valence-corrected chi connectivity index (χ1v) is 6.55. The summed E-state index contributed by atoms with van der Waals surface area (Å²) in [5.41, 5.74) is 0.358. The van der Waals surface area contributed by atoms with Gasteiger partial charge in [0.15, 0.2) is 0 Å². The summed E-state index contributed by atoms with van der Waals surface area (Å²) in [6, 6.07) is 7.20. The maximum atomic E-state index is 12.7. The third-order valence-corrected chi connectivity index (χ3v) is 2.99. The number of methoxy groups -OCH3 is 3. The molecule has 1 aromatic carbocycles. The van der Waals surface area contributed by atoms with E-state index in [1.54, 1.807) is 30.2 Å². The molecule has 0 atom stereocenters. The van der Waals surface area contributed by atoms with Gasteiger partial charge in [-0.15, -0.1) is 0 Å². The van der Waals surface area contributed by atoms with E-state index in [-0.39, 0.29) is 12.3 Å². The van der Waals surface area contributed by atoms with Crippen LogP contribution < -0.4 is 9.47 Å². The second kappa shape index (κ2) is 8.82. The van der Waals surface area contributed by atoms with Crippen molar-refractivity contribution in [1.82, 2.24) is 4.90 Å². The molecule has 0 aliphatic heterocycles. The molecule has 0 N–H and O–H groups in total. The van der Waals surface area contributed by atoms with Crippen molar-refractivity contribution in [3.63, 3.8) is 0 Å². The smallest absolute Gasteiger partial charge is 0.261 e. The molecule has 0 bridgehead atoms. The molecule has 1 aromatic rings. The van der Waals surface area contributed by atoms with Gasteiger partial charge in [-0.1, -0.05) is 6.07 Å². The van der Waals surface area contributed by atoms with Gasteiger partial charge >= 0.3 is 0 Å². The zero-order valence-corrected chi connectivity index (χ0v) is 12.6. The monoisotopic (exact) mass is 292 g/mol. The van der Waals surface area contributed by atoms with E-state index in [1.165, 1.54) is 14.2 Å². The standard InChI is InChI=1S/C15H20N2O4/c1-19-11-10-17(9-5-8-16)15(18)14-12(20-2)6-4-7-13(14)21-3/h4,6-7H,5,9-11H2,1-3H3. The van der Waals surface area contributed by atoms with Crippen molar-refractivity contribution >= 4 is 5.91 Å². The van der Waals surface area contributed by atoms with Crippen LogP contribution in [0.15, 0.2) is 18.2 Å². The van der Waals surface area contributed by atoms with Crippen LogP contribution in [0.25, 0.3) is 0 Å². The first-order chi connectivity index (χ1) is 10.2. The topological polar surface area (TPSA) is 71.8 Å². The minimum Gasteiger partial charge on any atom is -0.496 e. The number of amides is 1. The van der Waals surface area contributed by atoms with Gasteiger partial charge in [0.25, 0.3) is 5.91 Å². The van der Waals surface area contributed by atoms with Crippen molar-refractivity contribution in [2.45, 2.75) is 6.42 Å². The molecular weight excluding hydrogens is 272 g/mol. The summed E-state index contributed by atoms with van der Waals surface area (Å²) in [6.07, 6.45) is 0.257. The number of carbonyl (C=O) groups excluding carboxylic acids is 1. The van der Waals surface area contributed by atoms with Crippen LogP contribution in [0, 0.1) is 11.3 Å². The van der Waals surface area contributed by atoms with Crippen molar-refractivity contribution in [3.05, 3.63) is 23.8 Å². The van der Waals surface area contributed by atoms with E-state index in [2.05, 4.69) is 0 Å². The van der Waals surface area contributed by atoms with Gasteiger partial charge in [0.05, 0.1) is 33.3 Å². The van der Waals surface area contributed by atoms with Gasteiger partial charge in [-0.2, -0.15) is 5.26 Å². The van der Waals surface area contributed by atoms with Gasteiger partial charge < -0.3 is 19.1 Å². The molecule has 0 aliphatic rings. The first-order valence-electron chi connectivity index (χ1n) is 6.55. The van der Waals surface area contributed by atoms with Crippen molar-refractivity contribution in [2.24, 2.45) is 0 Å². The van der Waals surface area contributed by atoms with Crippen LogP contribution in [0.3, 0.4) is 0 Å². The fourth-order valence-corrected chi connectivity index (χ4v) is 1.92. The van der Waals surface area contributed by atoms with Crippen molar-refractivity contribution in [2.75, 3.05) is 41.0 Å². The second-order valence-electron chi connectivity index (χ2n) is 4.23. The lowest BCUT2D eigenvalue weighted by atomic mass is 10.1. The number of ether oxygens (including phenoxy) is 3. The Bertz CT molecular complexity index is 489. The van der Waals surface area contributed by atoms with Crippen LogP contribution in [0.2, 0.25) is 0 Å². The quantitative estimate of drug-likeness (QED) is 0.729. The first kappa shape index (κ1) is 16.8. The number of nitrogens with zero attached hydrogens (tertiary/aromatic N) is 2. The minimum atomic E-state index is -0.239. The predicted octanol–water partition coefficient (Wildman–Crippen LogP) is 1.71. The zero-order valence-electron chi connectivity index (χ0n) is 12.6. The maximum absolute atomic E-state index is 12.7. The van der Waals surface area contributed by atoms with Gasteiger partial charge in [0, 0.05) is 20.2 Å². The number of rotatable bonds is 8. The highest BCUT2D eigenvalue weighted by Gasteiger charge is 2.23. The van der Waals surface area contributed by atoms with Gasteiger partial charge in [-0.05, 0) is 12.1 Å². The van der Waals surface area contributed by atoms with Crippen LogP contribution in [0.5, 0.6) is 11.5 Å². The molecule has 21 heavy (non-hydrogen) atoms. The largest absolute Gasteiger partial charge is 0.496 e. The molecule has 1 amide bonds. The van der Waals surface area contributed by atoms with Gasteiger partial charge in [-0.25, -0.2) is 0 Å². The number of nitriles is 1. The molecule has 0 saturated heterocycles. The van der Waals surface area contributed by atoms with Crippen molar-refractivity contribution in [1.29, 1.82) is 5.26 Å². The molecule has 0 unspecified atom stereocenters. The fourth-order valence-electron chi connectivity index (χ4n) is 1.92. The van der Waals surface area contributed by atoms with Crippen LogP contribution in [0.4, 0.5) is 0 Å². The summed E-state index contributed by atoms with van der Waals surface area (Å²) in [6.45, 7) is 1.13. The van der Waals surface area contributed by atoms with E-state index >= 15 is 0 Å². The van der Waals surface area contributed by atoms with Crippen molar-refractivity contribution < 1.29 is 19.0 Å². The van der Waals surface area contributed by atoms with E-state index in [0.29, 0.717) is 36.8 Å². The fraction of sp³-hybridized carbons (Fsp3) is 0.467. The van der Waals surface area contributed by atoms with Gasteiger partial charge in [0.1, 0.15) is 17.1 Å². The third-order valence-electron chi connectivity index (χ3n) is 2.99. The maximum Gasteiger partial charge on any atom is 0.261 e. The Labute approximate surface area is 124 Å². The molecule has 1 rings (SSSR count). The van der Waals surface area contributed by atoms with E-state index in [9.17, 15) is 4.79 Å².